The molecule has 1 aromatic rings. The smallest absolute Gasteiger partial charge is 0.159 e. The van der Waals surface area contributed by atoms with Crippen LogP contribution >= 0.6 is 0 Å². The van der Waals surface area contributed by atoms with Crippen molar-refractivity contribution in [2.75, 3.05) is 6.61 Å². The number of unbranched alkanes of at least 4 members (excludes halogenated alkanes) is 3. The van der Waals surface area contributed by atoms with Gasteiger partial charge in [-0.25, -0.2) is 9.97 Å². The molecule has 2 heterocycles. The van der Waals surface area contributed by atoms with Crippen molar-refractivity contribution in [2.45, 2.75) is 64.2 Å². The van der Waals surface area contributed by atoms with Crippen LogP contribution in [0.5, 0.6) is 5.75 Å². The predicted molar refractivity (Wildman–Crippen MR) is 72.9 cm³/mol. The highest BCUT2D eigenvalue weighted by Gasteiger charge is 2.40. The monoisotopic (exact) mass is 248 g/mol. The molecule has 3 nitrogen and oxygen atoms in total. The molecule has 0 aliphatic carbocycles. The average molecular weight is 248 g/mol. The third-order valence-electron chi connectivity index (χ3n) is 3.92. The summed E-state index contributed by atoms with van der Waals surface area (Å²) in [5.41, 5.74) is 1.30. The van der Waals surface area contributed by atoms with Crippen molar-refractivity contribution in [1.29, 1.82) is 0 Å². The van der Waals surface area contributed by atoms with Gasteiger partial charge in [-0.3, -0.25) is 0 Å². The maximum Gasteiger partial charge on any atom is 0.159 e. The van der Waals surface area contributed by atoms with Crippen molar-refractivity contribution < 1.29 is 4.74 Å². The van der Waals surface area contributed by atoms with Crippen molar-refractivity contribution in [2.24, 2.45) is 0 Å². The van der Waals surface area contributed by atoms with E-state index in [1.54, 1.807) is 6.33 Å². The quantitative estimate of drug-likeness (QED) is 0.687. The van der Waals surface area contributed by atoms with E-state index in [1.807, 2.05) is 6.20 Å². The Kier molecular flexibility index (Phi) is 4.56. The van der Waals surface area contributed by atoms with Crippen LogP contribution in [-0.4, -0.2) is 16.6 Å². The fraction of sp³-hybridized carbons (Fsp3) is 0.733. The summed E-state index contributed by atoms with van der Waals surface area (Å²) < 4.78 is 5.80. The van der Waals surface area contributed by atoms with Gasteiger partial charge in [0.15, 0.2) is 5.75 Å². The highest BCUT2D eigenvalue weighted by molar-refractivity contribution is 5.36. The molecule has 0 radical (unpaired) electrons. The van der Waals surface area contributed by atoms with Crippen molar-refractivity contribution in [3.8, 4) is 5.75 Å². The van der Waals surface area contributed by atoms with Gasteiger partial charge in [0.2, 0.25) is 0 Å². The van der Waals surface area contributed by atoms with Crippen molar-refractivity contribution >= 4 is 0 Å². The molecule has 0 fully saturated rings. The van der Waals surface area contributed by atoms with E-state index < -0.39 is 0 Å². The van der Waals surface area contributed by atoms with Gasteiger partial charge in [0.1, 0.15) is 6.33 Å². The third-order valence-corrected chi connectivity index (χ3v) is 3.92. The zero-order valence-electron chi connectivity index (χ0n) is 11.6. The lowest BCUT2D eigenvalue weighted by molar-refractivity contribution is 0.233. The Morgan fingerprint density at radius 1 is 1.17 bits per heavy atom. The molecule has 100 valence electrons. The van der Waals surface area contributed by atoms with E-state index in [0.717, 1.165) is 18.1 Å². The van der Waals surface area contributed by atoms with Crippen LogP contribution < -0.4 is 4.74 Å². The second-order valence-electron chi connectivity index (χ2n) is 5.37. The van der Waals surface area contributed by atoms with Gasteiger partial charge in [-0.15, -0.1) is 0 Å². The molecule has 0 spiro atoms. The minimum atomic E-state index is 0.154. The first kappa shape index (κ1) is 13.3. The maximum absolute atomic E-state index is 5.80. The van der Waals surface area contributed by atoms with Gasteiger partial charge in [-0.1, -0.05) is 46.0 Å². The molecule has 1 aliphatic rings. The van der Waals surface area contributed by atoms with E-state index in [0.29, 0.717) is 0 Å². The second-order valence-corrected chi connectivity index (χ2v) is 5.37. The first-order chi connectivity index (χ1) is 8.82. The Morgan fingerprint density at radius 3 is 2.83 bits per heavy atom. The molecule has 0 amide bonds. The number of hydrogen-bond acceptors (Lipinski definition) is 3. The second kappa shape index (κ2) is 6.17. The normalized spacial score (nSPS) is 21.7. The van der Waals surface area contributed by atoms with Crippen LogP contribution in [0.15, 0.2) is 12.5 Å². The maximum atomic E-state index is 5.80. The van der Waals surface area contributed by atoms with E-state index in [-0.39, 0.29) is 5.41 Å². The zero-order chi connectivity index (χ0) is 12.8. The molecule has 0 bridgehead atoms. The van der Waals surface area contributed by atoms with Gasteiger partial charge in [-0.2, -0.15) is 0 Å². The summed E-state index contributed by atoms with van der Waals surface area (Å²) >= 11 is 0. The molecule has 0 saturated carbocycles. The third kappa shape index (κ3) is 2.65. The number of rotatable bonds is 7. The molecule has 0 aromatic carbocycles. The Balaban J connectivity index is 2.08. The number of aromatic nitrogens is 2. The summed E-state index contributed by atoms with van der Waals surface area (Å²) in [7, 11) is 0. The molecule has 0 saturated heterocycles. The van der Waals surface area contributed by atoms with Gasteiger partial charge in [0.05, 0.1) is 23.9 Å². The average Bonchev–Trinajstić information content (AvgIpc) is 2.75. The van der Waals surface area contributed by atoms with E-state index >= 15 is 0 Å². The summed E-state index contributed by atoms with van der Waals surface area (Å²) in [5.74, 6) is 0.904. The molecule has 0 N–H and O–H groups in total. The van der Waals surface area contributed by atoms with Gasteiger partial charge in [-0.05, 0) is 12.8 Å². The van der Waals surface area contributed by atoms with Crippen LogP contribution in [0.1, 0.15) is 64.5 Å². The molecule has 1 atom stereocenters. The number of fused-ring (bicyclic) bond motifs is 1. The molecular weight excluding hydrogens is 224 g/mol. The topological polar surface area (TPSA) is 35.0 Å². The summed E-state index contributed by atoms with van der Waals surface area (Å²) in [5, 5.41) is 0. The standard InChI is InChI=1S/C15H24N2O/c1-3-5-6-7-9-15(8-4-2)11-18-13-10-16-12-17-14(13)15/h10,12H,3-9,11H2,1-2H3. The molecule has 18 heavy (non-hydrogen) atoms. The largest absolute Gasteiger partial charge is 0.489 e. The fourth-order valence-corrected chi connectivity index (χ4v) is 2.98. The van der Waals surface area contributed by atoms with Crippen LogP contribution in [0, 0.1) is 0 Å². The molecule has 3 heteroatoms. The van der Waals surface area contributed by atoms with E-state index in [4.69, 9.17) is 4.74 Å². The minimum absolute atomic E-state index is 0.154. The summed E-state index contributed by atoms with van der Waals surface area (Å²) in [4.78, 5) is 8.55. The molecule has 2 rings (SSSR count). The molecule has 1 aliphatic heterocycles. The number of hydrogen-bond donors (Lipinski definition) is 0. The van der Waals surface area contributed by atoms with Gasteiger partial charge >= 0.3 is 0 Å². The molecule has 1 unspecified atom stereocenters. The SMILES string of the molecule is CCCCCCC1(CCC)COc2cncnc21. The van der Waals surface area contributed by atoms with Crippen LogP contribution in [0.4, 0.5) is 0 Å². The van der Waals surface area contributed by atoms with Crippen molar-refractivity contribution in [3.63, 3.8) is 0 Å². The number of nitrogens with zero attached hydrogens (tertiary/aromatic N) is 2. The lowest BCUT2D eigenvalue weighted by atomic mass is 9.77. The van der Waals surface area contributed by atoms with Crippen molar-refractivity contribution in [1.82, 2.24) is 9.97 Å². The Bertz CT molecular complexity index is 377. The highest BCUT2D eigenvalue weighted by Crippen LogP contribution is 2.43. The van der Waals surface area contributed by atoms with E-state index in [1.165, 1.54) is 44.9 Å². The van der Waals surface area contributed by atoms with Crippen LogP contribution in [0.2, 0.25) is 0 Å². The molecular formula is C15H24N2O. The Hall–Kier alpha value is -1.12. The van der Waals surface area contributed by atoms with Crippen LogP contribution in [-0.2, 0) is 5.41 Å². The minimum Gasteiger partial charge on any atom is -0.489 e. The van der Waals surface area contributed by atoms with Gasteiger partial charge in [0.25, 0.3) is 0 Å². The lowest BCUT2D eigenvalue weighted by Crippen LogP contribution is -2.28. The van der Waals surface area contributed by atoms with Crippen LogP contribution in [0.25, 0.3) is 0 Å². The summed E-state index contributed by atoms with van der Waals surface area (Å²) in [6, 6.07) is 0. The van der Waals surface area contributed by atoms with Crippen LogP contribution in [0.3, 0.4) is 0 Å². The lowest BCUT2D eigenvalue weighted by Gasteiger charge is -2.26. The van der Waals surface area contributed by atoms with Crippen molar-refractivity contribution in [3.05, 3.63) is 18.2 Å². The first-order valence-corrected chi connectivity index (χ1v) is 7.25. The van der Waals surface area contributed by atoms with E-state index in [2.05, 4.69) is 23.8 Å². The predicted octanol–water partition coefficient (Wildman–Crippen LogP) is 3.88. The summed E-state index contributed by atoms with van der Waals surface area (Å²) in [6.45, 7) is 5.29. The van der Waals surface area contributed by atoms with Gasteiger partial charge in [0, 0.05) is 0 Å². The summed E-state index contributed by atoms with van der Waals surface area (Å²) in [6.07, 6.45) is 12.2. The Morgan fingerprint density at radius 2 is 2.06 bits per heavy atom. The first-order valence-electron chi connectivity index (χ1n) is 7.25. The highest BCUT2D eigenvalue weighted by atomic mass is 16.5. The molecule has 1 aromatic heterocycles. The number of ether oxygens (including phenoxy) is 1. The fourth-order valence-electron chi connectivity index (χ4n) is 2.98. The van der Waals surface area contributed by atoms with E-state index in [9.17, 15) is 0 Å². The van der Waals surface area contributed by atoms with Gasteiger partial charge < -0.3 is 4.74 Å². The zero-order valence-corrected chi connectivity index (χ0v) is 11.6. The Labute approximate surface area is 110 Å².